The van der Waals surface area contributed by atoms with Crippen LogP contribution in [0.2, 0.25) is 0 Å². The molecule has 3 aromatic rings. The van der Waals surface area contributed by atoms with Gasteiger partial charge in [-0.2, -0.15) is 0 Å². The van der Waals surface area contributed by atoms with Crippen LogP contribution in [0.25, 0.3) is 11.1 Å². The van der Waals surface area contributed by atoms with Gasteiger partial charge in [0.15, 0.2) is 0 Å². The first-order valence-electron chi connectivity index (χ1n) is 14.8. The lowest BCUT2D eigenvalue weighted by atomic mass is 9.71. The number of carboxylic acid groups (broad SMARTS) is 1. The van der Waals surface area contributed by atoms with Crippen LogP contribution in [0.5, 0.6) is 0 Å². The number of rotatable bonds is 13. The minimum Gasteiger partial charge on any atom is -0.480 e. The van der Waals surface area contributed by atoms with Crippen LogP contribution in [0, 0.1) is 6.92 Å². The number of carboxylic acids is 1. The van der Waals surface area contributed by atoms with Gasteiger partial charge in [0.25, 0.3) is 5.91 Å². The summed E-state index contributed by atoms with van der Waals surface area (Å²) in [5.74, 6) is -2.11. The molecule has 0 aliphatic heterocycles. The van der Waals surface area contributed by atoms with Gasteiger partial charge in [-0.25, -0.2) is 13.2 Å². The van der Waals surface area contributed by atoms with E-state index in [-0.39, 0.29) is 17.7 Å². The molecule has 7 nitrogen and oxygen atoms in total. The highest BCUT2D eigenvalue weighted by Gasteiger charge is 2.47. The van der Waals surface area contributed by atoms with E-state index in [1.165, 1.54) is 37.7 Å². The lowest BCUT2D eigenvalue weighted by Gasteiger charge is -2.51. The molecule has 8 heteroatoms. The Balaban J connectivity index is 1.45. The third-order valence-corrected chi connectivity index (χ3v) is 9.73. The third-order valence-electron chi connectivity index (χ3n) is 8.75. The predicted octanol–water partition coefficient (Wildman–Crippen LogP) is 5.41. The number of amides is 1. The number of hydrogen-bond acceptors (Lipinski definition) is 5. The second kappa shape index (κ2) is 12.4. The zero-order valence-corrected chi connectivity index (χ0v) is 25.2. The zero-order chi connectivity index (χ0) is 29.9. The molecule has 2 saturated carbocycles. The largest absolute Gasteiger partial charge is 0.480 e. The Kier molecular flexibility index (Phi) is 8.85. The van der Waals surface area contributed by atoms with Crippen molar-refractivity contribution in [3.63, 3.8) is 0 Å². The molecule has 2 fully saturated rings. The molecule has 5 rings (SSSR count). The molecule has 0 spiro atoms. The quantitative estimate of drug-likeness (QED) is 0.277. The Morgan fingerprint density at radius 2 is 1.67 bits per heavy atom. The average molecular weight is 589 g/mol. The summed E-state index contributed by atoms with van der Waals surface area (Å²) in [6, 6.07) is 23.7. The normalized spacial score (nSPS) is 16.9. The fourth-order valence-electron chi connectivity index (χ4n) is 6.20. The van der Waals surface area contributed by atoms with Crippen LogP contribution in [0.1, 0.15) is 65.6 Å². The van der Waals surface area contributed by atoms with Crippen LogP contribution in [0.3, 0.4) is 0 Å². The molecule has 42 heavy (non-hydrogen) atoms. The summed E-state index contributed by atoms with van der Waals surface area (Å²) >= 11 is 0. The number of nitrogens with zero attached hydrogens (tertiary/aromatic N) is 1. The van der Waals surface area contributed by atoms with Crippen molar-refractivity contribution in [2.45, 2.75) is 76.0 Å². The van der Waals surface area contributed by atoms with E-state index in [0.29, 0.717) is 11.6 Å². The van der Waals surface area contributed by atoms with Gasteiger partial charge in [-0.15, -0.1) is 0 Å². The minimum absolute atomic E-state index is 0.135. The Bertz CT molecular complexity index is 1550. The lowest BCUT2D eigenvalue weighted by Crippen LogP contribution is -2.55. The van der Waals surface area contributed by atoms with Crippen molar-refractivity contribution < 1.29 is 23.1 Å². The standard InChI is InChI=1S/C34H40N2O5S/c1-24-9-6-7-12-28(24)30-21-26(13-16-29(30)32(37)35-31(33(38)39)17-20-42(2,40)41)23-36(27-14-15-27)34(18-8-19-34)22-25-10-4-3-5-11-25/h3-7,9-13,16,21,27,31H,8,14-15,17-20,22-23H2,1-2H3,(H,35,37)(H,38,39)/t31-/m0/s1. The second-order valence-corrected chi connectivity index (χ2v) is 14.3. The van der Waals surface area contributed by atoms with Crippen molar-refractivity contribution in [2.24, 2.45) is 0 Å². The number of aliphatic carboxylic acids is 1. The van der Waals surface area contributed by atoms with E-state index in [4.69, 9.17) is 0 Å². The number of benzene rings is 3. The lowest BCUT2D eigenvalue weighted by molar-refractivity contribution is -0.139. The predicted molar refractivity (Wildman–Crippen MR) is 165 cm³/mol. The second-order valence-electron chi connectivity index (χ2n) is 12.1. The van der Waals surface area contributed by atoms with Crippen molar-refractivity contribution >= 4 is 21.7 Å². The van der Waals surface area contributed by atoms with E-state index in [9.17, 15) is 23.1 Å². The van der Waals surface area contributed by atoms with Gasteiger partial charge >= 0.3 is 5.97 Å². The fraction of sp³-hybridized carbons (Fsp3) is 0.412. The molecule has 0 radical (unpaired) electrons. The molecule has 0 bridgehead atoms. The SMILES string of the molecule is Cc1ccccc1-c1cc(CN(C2CC2)C2(Cc3ccccc3)CCC2)ccc1C(=O)N[C@@H](CCS(C)(=O)=O)C(=O)O. The summed E-state index contributed by atoms with van der Waals surface area (Å²) in [6.45, 7) is 2.78. The third kappa shape index (κ3) is 7.10. The first-order valence-corrected chi connectivity index (χ1v) is 16.8. The highest BCUT2D eigenvalue weighted by Crippen LogP contribution is 2.47. The molecule has 0 unspecified atom stereocenters. The first-order chi connectivity index (χ1) is 20.0. The maximum Gasteiger partial charge on any atom is 0.326 e. The summed E-state index contributed by atoms with van der Waals surface area (Å²) in [7, 11) is -3.38. The number of aryl methyl sites for hydroxylation is 1. The van der Waals surface area contributed by atoms with E-state index in [0.717, 1.165) is 41.5 Å². The van der Waals surface area contributed by atoms with Gasteiger partial charge < -0.3 is 10.4 Å². The van der Waals surface area contributed by atoms with Crippen molar-refractivity contribution in [3.8, 4) is 11.1 Å². The molecule has 2 aliphatic carbocycles. The van der Waals surface area contributed by atoms with Crippen LogP contribution in [-0.4, -0.2) is 59.9 Å². The van der Waals surface area contributed by atoms with Crippen molar-refractivity contribution in [1.29, 1.82) is 0 Å². The molecular weight excluding hydrogens is 548 g/mol. The maximum absolute atomic E-state index is 13.5. The van der Waals surface area contributed by atoms with Gasteiger partial charge in [-0.3, -0.25) is 9.69 Å². The van der Waals surface area contributed by atoms with Gasteiger partial charge in [0, 0.05) is 29.9 Å². The molecule has 222 valence electrons. The zero-order valence-electron chi connectivity index (χ0n) is 24.4. The monoisotopic (exact) mass is 588 g/mol. The molecule has 0 heterocycles. The Morgan fingerprint density at radius 1 is 0.976 bits per heavy atom. The molecule has 3 aromatic carbocycles. The van der Waals surface area contributed by atoms with Gasteiger partial charge in [0.05, 0.1) is 5.75 Å². The van der Waals surface area contributed by atoms with Crippen LogP contribution in [0.15, 0.2) is 72.8 Å². The van der Waals surface area contributed by atoms with Crippen LogP contribution in [0.4, 0.5) is 0 Å². The number of carbonyl (C=O) groups is 2. The van der Waals surface area contributed by atoms with Gasteiger partial charge in [0.2, 0.25) is 0 Å². The molecule has 0 aromatic heterocycles. The molecule has 2 aliphatic rings. The van der Waals surface area contributed by atoms with Crippen molar-refractivity contribution in [1.82, 2.24) is 10.2 Å². The van der Waals surface area contributed by atoms with E-state index in [1.54, 1.807) is 6.07 Å². The van der Waals surface area contributed by atoms with Gasteiger partial charge in [-0.05, 0) is 91.8 Å². The summed E-state index contributed by atoms with van der Waals surface area (Å²) in [5, 5.41) is 12.3. The number of hydrogen-bond donors (Lipinski definition) is 2. The number of carbonyl (C=O) groups excluding carboxylic acids is 1. The minimum atomic E-state index is -3.38. The number of nitrogens with one attached hydrogen (secondary N) is 1. The average Bonchev–Trinajstić information content (AvgIpc) is 3.77. The van der Waals surface area contributed by atoms with Gasteiger partial charge in [-0.1, -0.05) is 60.7 Å². The topological polar surface area (TPSA) is 104 Å². The van der Waals surface area contributed by atoms with Crippen LogP contribution >= 0.6 is 0 Å². The van der Waals surface area contributed by atoms with Crippen molar-refractivity contribution in [2.75, 3.05) is 12.0 Å². The highest BCUT2D eigenvalue weighted by atomic mass is 32.2. The Labute approximate surface area is 248 Å². The van der Waals surface area contributed by atoms with Crippen molar-refractivity contribution in [3.05, 3.63) is 95.1 Å². The maximum atomic E-state index is 13.5. The first kappa shape index (κ1) is 30.0. The summed E-state index contributed by atoms with van der Waals surface area (Å²) < 4.78 is 23.3. The Hall–Kier alpha value is -3.49. The molecule has 1 amide bonds. The molecule has 2 N–H and O–H groups in total. The Morgan fingerprint density at radius 3 is 2.26 bits per heavy atom. The van der Waals surface area contributed by atoms with E-state index >= 15 is 0 Å². The van der Waals surface area contributed by atoms with Crippen LogP contribution < -0.4 is 5.32 Å². The summed E-state index contributed by atoms with van der Waals surface area (Å²) in [6.07, 6.45) is 7.87. The highest BCUT2D eigenvalue weighted by molar-refractivity contribution is 7.90. The summed E-state index contributed by atoms with van der Waals surface area (Å²) in [5.41, 5.74) is 5.65. The van der Waals surface area contributed by atoms with Gasteiger partial charge in [0.1, 0.15) is 15.9 Å². The molecular formula is C34H40N2O5S. The molecule has 1 atom stereocenters. The fourth-order valence-corrected chi connectivity index (χ4v) is 6.87. The summed E-state index contributed by atoms with van der Waals surface area (Å²) in [4.78, 5) is 28.1. The smallest absolute Gasteiger partial charge is 0.326 e. The number of sulfone groups is 1. The van der Waals surface area contributed by atoms with E-state index in [2.05, 4.69) is 46.6 Å². The van der Waals surface area contributed by atoms with Crippen LogP contribution in [-0.2, 0) is 27.6 Å². The van der Waals surface area contributed by atoms with E-state index in [1.807, 2.05) is 37.3 Å². The molecule has 0 saturated heterocycles. The van der Waals surface area contributed by atoms with E-state index < -0.39 is 27.8 Å².